The van der Waals surface area contributed by atoms with Crippen molar-refractivity contribution in [2.45, 2.75) is 119 Å². The van der Waals surface area contributed by atoms with E-state index in [4.69, 9.17) is 9.15 Å². The SMILES string of the molecule is COCc1nnc([C@]2(CCC(C)(C)[C@]3(C)CC[C@H]4[C@H](C)C(=O)C(C#N)=C[C@]4(C)/C3=C/C(C)=O)CCC(C)(C)CC2C)o1. The predicted molar refractivity (Wildman–Crippen MR) is 162 cm³/mol. The summed E-state index contributed by atoms with van der Waals surface area (Å²) in [6.45, 7) is 20.0. The van der Waals surface area contributed by atoms with Crippen LogP contribution in [0.25, 0.3) is 0 Å². The van der Waals surface area contributed by atoms with E-state index in [0.717, 1.165) is 56.4 Å². The van der Waals surface area contributed by atoms with Crippen LogP contribution < -0.4 is 0 Å². The Labute approximate surface area is 252 Å². The van der Waals surface area contributed by atoms with Gasteiger partial charge in [0.15, 0.2) is 11.6 Å². The van der Waals surface area contributed by atoms with Gasteiger partial charge in [0.2, 0.25) is 11.8 Å². The summed E-state index contributed by atoms with van der Waals surface area (Å²) < 4.78 is 11.6. The summed E-state index contributed by atoms with van der Waals surface area (Å²) in [5, 5.41) is 18.8. The molecule has 2 fully saturated rings. The van der Waals surface area contributed by atoms with Crippen LogP contribution in [0.3, 0.4) is 0 Å². The van der Waals surface area contributed by atoms with E-state index in [1.807, 2.05) is 19.1 Å². The third kappa shape index (κ3) is 5.34. The molecule has 0 aliphatic heterocycles. The molecule has 3 aliphatic carbocycles. The van der Waals surface area contributed by atoms with Gasteiger partial charge in [0.25, 0.3) is 0 Å². The van der Waals surface area contributed by atoms with Gasteiger partial charge in [-0.1, -0.05) is 67.0 Å². The highest BCUT2D eigenvalue weighted by Gasteiger charge is 2.59. The molecule has 3 aliphatic rings. The second kappa shape index (κ2) is 11.2. The molecular weight excluding hydrogens is 526 g/mol. The van der Waals surface area contributed by atoms with Crippen LogP contribution in [-0.4, -0.2) is 28.9 Å². The van der Waals surface area contributed by atoms with Gasteiger partial charge in [-0.05, 0) is 86.0 Å². The summed E-state index contributed by atoms with van der Waals surface area (Å²) in [5.41, 5.74) is 0.215. The number of ether oxygens (including phenoxy) is 1. The van der Waals surface area contributed by atoms with Crippen molar-refractivity contribution in [3.8, 4) is 6.07 Å². The van der Waals surface area contributed by atoms with E-state index in [0.29, 0.717) is 18.4 Å². The van der Waals surface area contributed by atoms with Crippen molar-refractivity contribution in [2.24, 2.45) is 39.4 Å². The number of fused-ring (bicyclic) bond motifs is 1. The zero-order chi connectivity index (χ0) is 31.3. The Morgan fingerprint density at radius 1 is 1.19 bits per heavy atom. The molecule has 0 saturated heterocycles. The molecule has 1 unspecified atom stereocenters. The van der Waals surface area contributed by atoms with E-state index in [1.165, 1.54) is 0 Å². The molecule has 4 rings (SSSR count). The molecule has 0 spiro atoms. The van der Waals surface area contributed by atoms with Crippen LogP contribution in [0.1, 0.15) is 119 Å². The Morgan fingerprint density at radius 3 is 2.48 bits per heavy atom. The fourth-order valence-corrected chi connectivity index (χ4v) is 8.91. The monoisotopic (exact) mass is 577 g/mol. The molecule has 0 N–H and O–H groups in total. The van der Waals surface area contributed by atoms with Gasteiger partial charge in [0, 0.05) is 18.4 Å². The number of Topliss-reactive ketones (excluding diaryl/α,β-unsaturated/α-hetero) is 1. The van der Waals surface area contributed by atoms with Crippen molar-refractivity contribution in [3.63, 3.8) is 0 Å². The van der Waals surface area contributed by atoms with Crippen molar-refractivity contribution >= 4 is 11.6 Å². The molecule has 2 saturated carbocycles. The van der Waals surface area contributed by atoms with E-state index < -0.39 is 5.41 Å². The van der Waals surface area contributed by atoms with Crippen molar-refractivity contribution in [1.29, 1.82) is 5.26 Å². The van der Waals surface area contributed by atoms with Crippen LogP contribution in [0.2, 0.25) is 0 Å². The van der Waals surface area contributed by atoms with Gasteiger partial charge in [-0.2, -0.15) is 5.26 Å². The van der Waals surface area contributed by atoms with Gasteiger partial charge >= 0.3 is 0 Å². The normalized spacial score (nSPS) is 35.8. The third-order valence-electron chi connectivity index (χ3n) is 12.0. The Kier molecular flexibility index (Phi) is 8.59. The highest BCUT2D eigenvalue weighted by Crippen LogP contribution is 2.65. The number of ketones is 2. The van der Waals surface area contributed by atoms with Crippen molar-refractivity contribution in [3.05, 3.63) is 35.1 Å². The van der Waals surface area contributed by atoms with Crippen LogP contribution in [-0.2, 0) is 26.3 Å². The Bertz CT molecular complexity index is 1330. The highest BCUT2D eigenvalue weighted by atomic mass is 16.5. The molecule has 1 aromatic rings. The summed E-state index contributed by atoms with van der Waals surface area (Å²) in [4.78, 5) is 25.8. The zero-order valence-electron chi connectivity index (χ0n) is 27.5. The second-order valence-corrected chi connectivity index (χ2v) is 15.5. The van der Waals surface area contributed by atoms with E-state index in [-0.39, 0.29) is 50.6 Å². The summed E-state index contributed by atoms with van der Waals surface area (Å²) in [6, 6.07) is 2.16. The van der Waals surface area contributed by atoms with E-state index in [9.17, 15) is 14.9 Å². The standard InChI is InChI=1S/C35H51N3O4/c1-22-18-31(4,5)13-15-35(22,30-38-37-28(42-30)21-41-10)16-14-32(6,7)34(9)12-11-26-24(3)29(40)25(20-36)19-33(26,8)27(34)17-23(2)39/h17,19,22,24,26H,11-16,18,21H2,1-10H3/b27-17-/t22?,24-,26-,33-,34+,35-/m0/s1. The fraction of sp³-hybridized carbons (Fsp3) is 0.743. The first-order valence-corrected chi connectivity index (χ1v) is 15.7. The van der Waals surface area contributed by atoms with E-state index >= 15 is 0 Å². The van der Waals surface area contributed by atoms with Crippen LogP contribution in [0.5, 0.6) is 0 Å². The lowest BCUT2D eigenvalue weighted by Gasteiger charge is -2.59. The first-order valence-electron chi connectivity index (χ1n) is 15.7. The molecule has 7 nitrogen and oxygen atoms in total. The maximum absolute atomic E-state index is 13.0. The zero-order valence-corrected chi connectivity index (χ0v) is 27.5. The average Bonchev–Trinajstić information content (AvgIpc) is 3.37. The quantitative estimate of drug-likeness (QED) is 0.291. The maximum atomic E-state index is 13.0. The number of rotatable bonds is 8. The summed E-state index contributed by atoms with van der Waals surface area (Å²) in [5.74, 6) is 1.30. The number of methoxy groups -OCH3 is 1. The predicted octanol–water partition coefficient (Wildman–Crippen LogP) is 7.71. The molecule has 6 atom stereocenters. The minimum atomic E-state index is -0.546. The average molecular weight is 578 g/mol. The number of carbonyl (C=O) groups is 2. The van der Waals surface area contributed by atoms with Gasteiger partial charge < -0.3 is 9.15 Å². The highest BCUT2D eigenvalue weighted by molar-refractivity contribution is 6.02. The first kappa shape index (κ1) is 32.3. The number of nitriles is 1. The minimum absolute atomic E-state index is 0.00139. The molecule has 1 aromatic heterocycles. The van der Waals surface area contributed by atoms with E-state index in [1.54, 1.807) is 14.0 Å². The molecule has 0 aromatic carbocycles. The fourth-order valence-electron chi connectivity index (χ4n) is 8.91. The number of hydrogen-bond acceptors (Lipinski definition) is 7. The molecule has 0 bridgehead atoms. The van der Waals surface area contributed by atoms with Crippen LogP contribution in [0.4, 0.5) is 0 Å². The van der Waals surface area contributed by atoms with Crippen LogP contribution in [0.15, 0.2) is 27.7 Å². The Morgan fingerprint density at radius 2 is 1.88 bits per heavy atom. The molecule has 1 heterocycles. The summed E-state index contributed by atoms with van der Waals surface area (Å²) >= 11 is 0. The molecule has 7 heteroatoms. The maximum Gasteiger partial charge on any atom is 0.242 e. The van der Waals surface area contributed by atoms with Gasteiger partial charge in [0.1, 0.15) is 12.7 Å². The number of hydrogen-bond donors (Lipinski definition) is 0. The molecule has 230 valence electrons. The topological polar surface area (TPSA) is 106 Å². The lowest BCUT2D eigenvalue weighted by atomic mass is 9.44. The van der Waals surface area contributed by atoms with E-state index in [2.05, 4.69) is 64.7 Å². The summed E-state index contributed by atoms with van der Waals surface area (Å²) in [6.07, 6.45) is 10.4. The Balaban J connectivity index is 1.75. The lowest BCUT2D eigenvalue weighted by Crippen LogP contribution is -2.53. The number of aromatic nitrogens is 2. The summed E-state index contributed by atoms with van der Waals surface area (Å²) in [7, 11) is 1.63. The van der Waals surface area contributed by atoms with Crippen molar-refractivity contribution in [1.82, 2.24) is 10.2 Å². The van der Waals surface area contributed by atoms with Gasteiger partial charge in [-0.15, -0.1) is 10.2 Å². The van der Waals surface area contributed by atoms with Crippen LogP contribution >= 0.6 is 0 Å². The second-order valence-electron chi connectivity index (χ2n) is 15.5. The number of carbonyl (C=O) groups excluding carboxylic acids is 2. The Hall–Kier alpha value is -2.59. The van der Waals surface area contributed by atoms with Gasteiger partial charge in [-0.3, -0.25) is 9.59 Å². The number of allylic oxidation sites excluding steroid dienone is 4. The van der Waals surface area contributed by atoms with Gasteiger partial charge in [-0.25, -0.2) is 0 Å². The van der Waals surface area contributed by atoms with Crippen molar-refractivity contribution < 1.29 is 18.7 Å². The molecule has 42 heavy (non-hydrogen) atoms. The number of nitrogens with zero attached hydrogens (tertiary/aromatic N) is 3. The largest absolute Gasteiger partial charge is 0.422 e. The molecular formula is C35H51N3O4. The third-order valence-corrected chi connectivity index (χ3v) is 12.0. The first-order chi connectivity index (χ1) is 19.5. The lowest BCUT2D eigenvalue weighted by molar-refractivity contribution is -0.123. The molecule has 0 radical (unpaired) electrons. The molecule has 0 amide bonds. The van der Waals surface area contributed by atoms with Crippen molar-refractivity contribution in [2.75, 3.05) is 7.11 Å². The van der Waals surface area contributed by atoms with Crippen LogP contribution in [0, 0.1) is 50.7 Å². The van der Waals surface area contributed by atoms with Gasteiger partial charge in [0.05, 0.1) is 11.0 Å². The smallest absolute Gasteiger partial charge is 0.242 e. The minimum Gasteiger partial charge on any atom is -0.422 e.